The zero-order valence-electron chi connectivity index (χ0n) is 10.5. The molecule has 0 aliphatic rings. The van der Waals surface area contributed by atoms with Crippen LogP contribution in [-0.4, -0.2) is 0 Å². The number of hydrogen-bond acceptors (Lipinski definition) is 1. The first-order valence-corrected chi connectivity index (χ1v) is 7.46. The average molecular weight is 339 g/mol. The number of aryl methyl sites for hydroxylation is 1. The molecule has 0 bridgehead atoms. The minimum atomic E-state index is -4.31. The second-order valence-electron chi connectivity index (χ2n) is 4.47. The van der Waals surface area contributed by atoms with Gasteiger partial charge in [-0.05, 0) is 42.7 Å². The predicted octanol–water partition coefficient (Wildman–Crippen LogP) is 6.25. The maximum absolute atomic E-state index is 12.5. The molecule has 0 saturated heterocycles. The lowest BCUT2D eigenvalue weighted by molar-refractivity contribution is -0.137. The Kier molecular flexibility index (Phi) is 4.67. The van der Waals surface area contributed by atoms with Gasteiger partial charge in [-0.25, -0.2) is 0 Å². The molecule has 0 aliphatic heterocycles. The molecule has 1 aromatic carbocycles. The van der Waals surface area contributed by atoms with E-state index in [2.05, 4.69) is 0 Å². The average Bonchev–Trinajstić information content (AvgIpc) is 2.69. The Balaban J connectivity index is 2.10. The largest absolute Gasteiger partial charge is 0.416 e. The molecule has 0 fully saturated rings. The molecule has 1 aromatic heterocycles. The van der Waals surface area contributed by atoms with E-state index in [9.17, 15) is 13.2 Å². The topological polar surface area (TPSA) is 0 Å². The van der Waals surface area contributed by atoms with Crippen molar-refractivity contribution in [3.05, 3.63) is 56.2 Å². The summed E-state index contributed by atoms with van der Waals surface area (Å²) in [5, 5.41) is -0.289. The normalized spacial score (nSPS) is 13.5. The Morgan fingerprint density at radius 2 is 1.80 bits per heavy atom. The van der Waals surface area contributed by atoms with Crippen molar-refractivity contribution in [2.75, 3.05) is 0 Å². The number of hydrogen-bond donors (Lipinski definition) is 0. The van der Waals surface area contributed by atoms with Crippen molar-refractivity contribution in [1.29, 1.82) is 0 Å². The quantitative estimate of drug-likeness (QED) is 0.580. The van der Waals surface area contributed by atoms with E-state index in [0.29, 0.717) is 10.8 Å². The van der Waals surface area contributed by atoms with Crippen molar-refractivity contribution in [1.82, 2.24) is 0 Å². The third-order valence-corrected chi connectivity index (χ3v) is 5.07. The summed E-state index contributed by atoms with van der Waals surface area (Å²) in [4.78, 5) is 0.925. The van der Waals surface area contributed by atoms with Gasteiger partial charge in [0.25, 0.3) is 0 Å². The molecule has 0 nitrogen and oxygen atoms in total. The summed E-state index contributed by atoms with van der Waals surface area (Å²) in [5.41, 5.74) is 1.08. The van der Waals surface area contributed by atoms with Crippen LogP contribution in [0.2, 0.25) is 4.34 Å². The Morgan fingerprint density at radius 1 is 1.20 bits per heavy atom. The van der Waals surface area contributed by atoms with Crippen molar-refractivity contribution in [2.24, 2.45) is 0 Å². The molecular weight excluding hydrogens is 328 g/mol. The smallest absolute Gasteiger partial charge is 0.166 e. The first kappa shape index (κ1) is 15.7. The van der Waals surface area contributed by atoms with E-state index in [0.717, 1.165) is 28.1 Å². The van der Waals surface area contributed by atoms with Crippen LogP contribution in [0.3, 0.4) is 0 Å². The summed E-state index contributed by atoms with van der Waals surface area (Å²) in [5.74, 6) is 0. The molecular formula is C14H11Cl2F3S. The van der Waals surface area contributed by atoms with Crippen LogP contribution in [0.4, 0.5) is 13.2 Å². The van der Waals surface area contributed by atoms with E-state index in [-0.39, 0.29) is 5.38 Å². The van der Waals surface area contributed by atoms with Crippen molar-refractivity contribution in [3.63, 3.8) is 0 Å². The van der Waals surface area contributed by atoms with E-state index in [1.165, 1.54) is 23.5 Å². The fraction of sp³-hybridized carbons (Fsp3) is 0.286. The summed E-state index contributed by atoms with van der Waals surface area (Å²) in [7, 11) is 0. The van der Waals surface area contributed by atoms with Crippen molar-refractivity contribution < 1.29 is 13.2 Å². The van der Waals surface area contributed by atoms with Gasteiger partial charge in [0, 0.05) is 4.88 Å². The van der Waals surface area contributed by atoms with Gasteiger partial charge in [-0.2, -0.15) is 13.2 Å². The summed E-state index contributed by atoms with van der Waals surface area (Å²) >= 11 is 13.7. The maximum Gasteiger partial charge on any atom is 0.416 e. The maximum atomic E-state index is 12.5. The zero-order valence-corrected chi connectivity index (χ0v) is 12.8. The zero-order chi connectivity index (χ0) is 14.9. The highest BCUT2D eigenvalue weighted by atomic mass is 35.5. The van der Waals surface area contributed by atoms with Crippen molar-refractivity contribution >= 4 is 34.5 Å². The van der Waals surface area contributed by atoms with Gasteiger partial charge in [0.2, 0.25) is 0 Å². The minimum Gasteiger partial charge on any atom is -0.166 e. The van der Waals surface area contributed by atoms with Crippen molar-refractivity contribution in [3.8, 4) is 0 Å². The summed E-state index contributed by atoms with van der Waals surface area (Å²) in [6, 6.07) is 6.98. The van der Waals surface area contributed by atoms with E-state index in [1.807, 2.05) is 13.0 Å². The van der Waals surface area contributed by atoms with Crippen LogP contribution < -0.4 is 0 Å². The SMILES string of the molecule is Cc1cc(C(Cl)Cc2ccc(C(F)(F)F)cc2)sc1Cl. The minimum absolute atomic E-state index is 0.289. The molecule has 6 heteroatoms. The molecule has 1 unspecified atom stereocenters. The predicted molar refractivity (Wildman–Crippen MR) is 77.8 cm³/mol. The second-order valence-corrected chi connectivity index (χ2v) is 6.68. The van der Waals surface area contributed by atoms with E-state index < -0.39 is 11.7 Å². The van der Waals surface area contributed by atoms with Gasteiger partial charge < -0.3 is 0 Å². The van der Waals surface area contributed by atoms with Crippen LogP contribution in [0.25, 0.3) is 0 Å². The first-order valence-electron chi connectivity index (χ1n) is 5.83. The fourth-order valence-corrected chi connectivity index (χ4v) is 3.35. The van der Waals surface area contributed by atoms with Gasteiger partial charge in [-0.15, -0.1) is 22.9 Å². The van der Waals surface area contributed by atoms with Crippen LogP contribution in [0.5, 0.6) is 0 Å². The van der Waals surface area contributed by atoms with Crippen molar-refractivity contribution in [2.45, 2.75) is 24.9 Å². The number of benzene rings is 1. The van der Waals surface area contributed by atoms with Crippen LogP contribution in [0.15, 0.2) is 30.3 Å². The van der Waals surface area contributed by atoms with Gasteiger partial charge in [0.05, 0.1) is 15.3 Å². The molecule has 2 rings (SSSR count). The van der Waals surface area contributed by atoms with Crippen LogP contribution in [0, 0.1) is 6.92 Å². The number of thiophene rings is 1. The molecule has 20 heavy (non-hydrogen) atoms. The standard InChI is InChI=1S/C14H11Cl2F3S/c1-8-6-12(20-13(8)16)11(15)7-9-2-4-10(5-3-9)14(17,18)19/h2-6,11H,7H2,1H3. The molecule has 0 N–H and O–H groups in total. The van der Waals surface area contributed by atoms with E-state index in [1.54, 1.807) is 0 Å². The van der Waals surface area contributed by atoms with Gasteiger partial charge >= 0.3 is 6.18 Å². The molecule has 0 amide bonds. The van der Waals surface area contributed by atoms with Gasteiger partial charge in [0.15, 0.2) is 0 Å². The molecule has 0 radical (unpaired) electrons. The highest BCUT2D eigenvalue weighted by Crippen LogP contribution is 2.36. The Morgan fingerprint density at radius 3 is 2.25 bits per heavy atom. The lowest BCUT2D eigenvalue weighted by Crippen LogP contribution is -2.04. The lowest BCUT2D eigenvalue weighted by Gasteiger charge is -2.10. The molecule has 0 spiro atoms. The molecule has 1 atom stereocenters. The van der Waals surface area contributed by atoms with Gasteiger partial charge in [-0.3, -0.25) is 0 Å². The summed E-state index contributed by atoms with van der Waals surface area (Å²) < 4.78 is 38.1. The molecule has 108 valence electrons. The Labute approximate surface area is 129 Å². The third-order valence-electron chi connectivity index (χ3n) is 2.88. The highest BCUT2D eigenvalue weighted by Gasteiger charge is 2.30. The van der Waals surface area contributed by atoms with Gasteiger partial charge in [0.1, 0.15) is 0 Å². The van der Waals surface area contributed by atoms with E-state index >= 15 is 0 Å². The third kappa shape index (κ3) is 3.68. The summed E-state index contributed by atoms with van der Waals surface area (Å²) in [6.07, 6.45) is -3.84. The number of halogens is 5. The lowest BCUT2D eigenvalue weighted by atomic mass is 10.1. The summed E-state index contributed by atoms with van der Waals surface area (Å²) in [6.45, 7) is 1.89. The molecule has 2 aromatic rings. The molecule has 1 heterocycles. The van der Waals surface area contributed by atoms with Gasteiger partial charge in [-0.1, -0.05) is 23.7 Å². The molecule has 0 aliphatic carbocycles. The van der Waals surface area contributed by atoms with Crippen LogP contribution >= 0.6 is 34.5 Å². The van der Waals surface area contributed by atoms with Crippen LogP contribution in [-0.2, 0) is 12.6 Å². The Hall–Kier alpha value is -0.710. The van der Waals surface area contributed by atoms with Crippen LogP contribution in [0.1, 0.15) is 26.9 Å². The molecule has 0 saturated carbocycles. The monoisotopic (exact) mass is 338 g/mol. The second kappa shape index (κ2) is 5.96. The number of alkyl halides is 4. The van der Waals surface area contributed by atoms with E-state index in [4.69, 9.17) is 23.2 Å². The highest BCUT2D eigenvalue weighted by molar-refractivity contribution is 7.16. The Bertz CT molecular complexity index is 568. The first-order chi connectivity index (χ1) is 9.27. The fourth-order valence-electron chi connectivity index (χ4n) is 1.78. The number of rotatable bonds is 3.